The van der Waals surface area contributed by atoms with Crippen molar-refractivity contribution in [2.24, 2.45) is 5.92 Å². The van der Waals surface area contributed by atoms with Crippen molar-refractivity contribution in [1.29, 1.82) is 0 Å². The lowest BCUT2D eigenvalue weighted by molar-refractivity contribution is -0.135. The highest BCUT2D eigenvalue weighted by molar-refractivity contribution is 5.77. The van der Waals surface area contributed by atoms with Gasteiger partial charge in [0, 0.05) is 18.5 Å². The third kappa shape index (κ3) is 2.49. The number of hydrogen-bond acceptors (Lipinski definition) is 1. The minimum Gasteiger partial charge on any atom is -0.338 e. The second kappa shape index (κ2) is 4.33. The van der Waals surface area contributed by atoms with E-state index in [9.17, 15) is 4.79 Å². The molecule has 2 nitrogen and oxygen atoms in total. The van der Waals surface area contributed by atoms with Crippen molar-refractivity contribution >= 4 is 5.91 Å². The molecule has 0 aromatic heterocycles. The average molecular weight is 197 g/mol. The molecule has 14 heavy (non-hydrogen) atoms. The number of rotatable bonds is 3. The van der Waals surface area contributed by atoms with E-state index >= 15 is 0 Å². The Balaban J connectivity index is 2.52. The Labute approximate surface area is 87.7 Å². The molecule has 1 rings (SSSR count). The van der Waals surface area contributed by atoms with Crippen LogP contribution in [0.3, 0.4) is 0 Å². The van der Waals surface area contributed by atoms with Crippen molar-refractivity contribution in [2.45, 2.75) is 58.9 Å². The fraction of sp³-hybridized carbons (Fsp3) is 0.917. The molecule has 0 radical (unpaired) electrons. The maximum atomic E-state index is 12.0. The fourth-order valence-corrected chi connectivity index (χ4v) is 2.12. The average Bonchev–Trinajstić information content (AvgIpc) is 2.45. The molecule has 0 aliphatic carbocycles. The molecule has 0 spiro atoms. The topological polar surface area (TPSA) is 20.3 Å². The molecule has 1 unspecified atom stereocenters. The van der Waals surface area contributed by atoms with Crippen molar-refractivity contribution in [3.8, 4) is 0 Å². The normalized spacial score (nSPS) is 22.4. The van der Waals surface area contributed by atoms with Crippen LogP contribution in [-0.2, 0) is 4.79 Å². The predicted octanol–water partition coefficient (Wildman–Crippen LogP) is 2.82. The van der Waals surface area contributed by atoms with Crippen LogP contribution in [0.2, 0.25) is 0 Å². The van der Waals surface area contributed by atoms with Crippen LogP contribution in [-0.4, -0.2) is 22.9 Å². The highest BCUT2D eigenvalue weighted by Gasteiger charge is 2.35. The van der Waals surface area contributed by atoms with Crippen LogP contribution in [0.15, 0.2) is 0 Å². The van der Waals surface area contributed by atoms with Gasteiger partial charge in [-0.3, -0.25) is 4.79 Å². The van der Waals surface area contributed by atoms with Crippen LogP contribution in [0.1, 0.15) is 53.4 Å². The molecule has 1 atom stereocenters. The predicted molar refractivity (Wildman–Crippen MR) is 59.1 cm³/mol. The Morgan fingerprint density at radius 3 is 2.57 bits per heavy atom. The first-order chi connectivity index (χ1) is 6.47. The zero-order chi connectivity index (χ0) is 10.8. The SMILES string of the molecule is CCC(C)CC(=O)N1CCCC1(C)C. The van der Waals surface area contributed by atoms with E-state index in [0.717, 1.165) is 25.8 Å². The molecule has 0 aromatic carbocycles. The third-order valence-electron chi connectivity index (χ3n) is 3.42. The van der Waals surface area contributed by atoms with Gasteiger partial charge in [-0.05, 0) is 32.6 Å². The van der Waals surface area contributed by atoms with Gasteiger partial charge in [-0.2, -0.15) is 0 Å². The quantitative estimate of drug-likeness (QED) is 0.681. The van der Waals surface area contributed by atoms with Crippen molar-refractivity contribution in [1.82, 2.24) is 4.90 Å². The summed E-state index contributed by atoms with van der Waals surface area (Å²) < 4.78 is 0. The zero-order valence-electron chi connectivity index (χ0n) is 9.97. The van der Waals surface area contributed by atoms with E-state index in [0.29, 0.717) is 11.8 Å². The lowest BCUT2D eigenvalue weighted by Crippen LogP contribution is -2.43. The maximum Gasteiger partial charge on any atom is 0.223 e. The second-order valence-corrected chi connectivity index (χ2v) is 5.18. The summed E-state index contributed by atoms with van der Waals surface area (Å²) in [5.74, 6) is 0.876. The van der Waals surface area contributed by atoms with Crippen molar-refractivity contribution in [3.63, 3.8) is 0 Å². The zero-order valence-corrected chi connectivity index (χ0v) is 9.97. The van der Waals surface area contributed by atoms with Crippen LogP contribution in [0.25, 0.3) is 0 Å². The lowest BCUT2D eigenvalue weighted by atomic mass is 9.99. The van der Waals surface area contributed by atoms with Crippen LogP contribution < -0.4 is 0 Å². The molecule has 82 valence electrons. The smallest absolute Gasteiger partial charge is 0.223 e. The molecule has 2 heteroatoms. The van der Waals surface area contributed by atoms with Gasteiger partial charge in [0.2, 0.25) is 5.91 Å². The molecule has 0 aromatic rings. The third-order valence-corrected chi connectivity index (χ3v) is 3.42. The van der Waals surface area contributed by atoms with Gasteiger partial charge in [-0.15, -0.1) is 0 Å². The van der Waals surface area contributed by atoms with Crippen LogP contribution in [0.4, 0.5) is 0 Å². The Hall–Kier alpha value is -0.530. The molecule has 1 fully saturated rings. The Morgan fingerprint density at radius 1 is 1.50 bits per heavy atom. The number of nitrogens with zero attached hydrogens (tertiary/aromatic N) is 1. The van der Waals surface area contributed by atoms with E-state index in [1.54, 1.807) is 0 Å². The van der Waals surface area contributed by atoms with Gasteiger partial charge in [0.05, 0.1) is 0 Å². The molecule has 1 amide bonds. The lowest BCUT2D eigenvalue weighted by Gasteiger charge is -2.32. The molecule has 1 aliphatic rings. The second-order valence-electron chi connectivity index (χ2n) is 5.18. The number of carbonyl (C=O) groups excluding carboxylic acids is 1. The van der Waals surface area contributed by atoms with Gasteiger partial charge in [-0.1, -0.05) is 20.3 Å². The highest BCUT2D eigenvalue weighted by Crippen LogP contribution is 2.29. The molecule has 1 aliphatic heterocycles. The van der Waals surface area contributed by atoms with E-state index in [2.05, 4.69) is 32.6 Å². The fourth-order valence-electron chi connectivity index (χ4n) is 2.12. The summed E-state index contributed by atoms with van der Waals surface area (Å²) in [5.41, 5.74) is 0.102. The first-order valence-electron chi connectivity index (χ1n) is 5.78. The monoisotopic (exact) mass is 197 g/mol. The van der Waals surface area contributed by atoms with Crippen molar-refractivity contribution in [3.05, 3.63) is 0 Å². The van der Waals surface area contributed by atoms with Gasteiger partial charge in [0.15, 0.2) is 0 Å². The van der Waals surface area contributed by atoms with Crippen LogP contribution in [0, 0.1) is 5.92 Å². The summed E-state index contributed by atoms with van der Waals surface area (Å²) in [5, 5.41) is 0. The van der Waals surface area contributed by atoms with Gasteiger partial charge >= 0.3 is 0 Å². The molecule has 1 saturated heterocycles. The summed E-state index contributed by atoms with van der Waals surface area (Å²) in [6.07, 6.45) is 4.14. The standard InChI is InChI=1S/C12H23NO/c1-5-10(2)9-11(14)13-8-6-7-12(13,3)4/h10H,5-9H2,1-4H3. The molecule has 0 bridgehead atoms. The highest BCUT2D eigenvalue weighted by atomic mass is 16.2. The van der Waals surface area contributed by atoms with Crippen LogP contribution >= 0.6 is 0 Å². The minimum absolute atomic E-state index is 0.102. The number of likely N-dealkylation sites (tertiary alicyclic amines) is 1. The number of hydrogen-bond donors (Lipinski definition) is 0. The van der Waals surface area contributed by atoms with Crippen LogP contribution in [0.5, 0.6) is 0 Å². The van der Waals surface area contributed by atoms with E-state index in [1.165, 1.54) is 6.42 Å². The van der Waals surface area contributed by atoms with E-state index < -0.39 is 0 Å². The van der Waals surface area contributed by atoms with E-state index in [1.807, 2.05) is 0 Å². The van der Waals surface area contributed by atoms with Gasteiger partial charge < -0.3 is 4.90 Å². The summed E-state index contributed by atoms with van der Waals surface area (Å²) in [7, 11) is 0. The van der Waals surface area contributed by atoms with Gasteiger partial charge in [0.1, 0.15) is 0 Å². The van der Waals surface area contributed by atoms with Crippen molar-refractivity contribution < 1.29 is 4.79 Å². The van der Waals surface area contributed by atoms with Gasteiger partial charge in [0.25, 0.3) is 0 Å². The maximum absolute atomic E-state index is 12.0. The summed E-state index contributed by atoms with van der Waals surface area (Å²) in [6, 6.07) is 0. The molecule has 1 heterocycles. The van der Waals surface area contributed by atoms with Crippen molar-refractivity contribution in [2.75, 3.05) is 6.54 Å². The minimum atomic E-state index is 0.102. The molecular formula is C12H23NO. The Kier molecular flexibility index (Phi) is 3.57. The van der Waals surface area contributed by atoms with Gasteiger partial charge in [-0.25, -0.2) is 0 Å². The Bertz CT molecular complexity index is 210. The summed E-state index contributed by atoms with van der Waals surface area (Å²) in [4.78, 5) is 14.0. The number of carbonyl (C=O) groups is 1. The van der Waals surface area contributed by atoms with E-state index in [4.69, 9.17) is 0 Å². The molecule has 0 N–H and O–H groups in total. The first kappa shape index (κ1) is 11.5. The van der Waals surface area contributed by atoms with E-state index in [-0.39, 0.29) is 5.54 Å². The first-order valence-corrected chi connectivity index (χ1v) is 5.78. The molecule has 0 saturated carbocycles. The summed E-state index contributed by atoms with van der Waals surface area (Å²) in [6.45, 7) is 9.61. The molecular weight excluding hydrogens is 174 g/mol. The summed E-state index contributed by atoms with van der Waals surface area (Å²) >= 11 is 0. The number of amides is 1. The Morgan fingerprint density at radius 2 is 2.14 bits per heavy atom. The largest absolute Gasteiger partial charge is 0.338 e.